The van der Waals surface area contributed by atoms with Gasteiger partial charge in [0.05, 0.1) is 10.4 Å². The first-order valence-corrected chi connectivity index (χ1v) is 4.47. The molecule has 62 valence electrons. The van der Waals surface area contributed by atoms with Crippen LogP contribution in [-0.4, -0.2) is 5.11 Å². The van der Waals surface area contributed by atoms with E-state index >= 15 is 0 Å². The van der Waals surface area contributed by atoms with Crippen molar-refractivity contribution in [2.24, 2.45) is 0 Å². The number of fused-ring (bicyclic) bond motifs is 1. The Hall–Kier alpha value is -1.22. The third-order valence-corrected chi connectivity index (χ3v) is 2.87. The lowest BCUT2D eigenvalue weighted by atomic mass is 10.2. The van der Waals surface area contributed by atoms with Crippen LogP contribution in [0.2, 0.25) is 0 Å². The molecular formula is C9H9NOS. The van der Waals surface area contributed by atoms with Gasteiger partial charge in [-0.3, -0.25) is 0 Å². The first-order valence-electron chi connectivity index (χ1n) is 3.65. The molecule has 2 aromatic rings. The Kier molecular flexibility index (Phi) is 1.48. The molecule has 0 aliphatic rings. The Morgan fingerprint density at radius 3 is 2.83 bits per heavy atom. The van der Waals surface area contributed by atoms with E-state index in [1.165, 1.54) is 4.88 Å². The topological polar surface area (TPSA) is 46.2 Å². The summed E-state index contributed by atoms with van der Waals surface area (Å²) in [6.07, 6.45) is 0. The normalized spacial score (nSPS) is 10.8. The number of hydrogen-bond acceptors (Lipinski definition) is 3. The highest BCUT2D eigenvalue weighted by atomic mass is 32.1. The summed E-state index contributed by atoms with van der Waals surface area (Å²) < 4.78 is 1.06. The molecule has 0 radical (unpaired) electrons. The molecule has 2 rings (SSSR count). The summed E-state index contributed by atoms with van der Waals surface area (Å²) in [5, 5.41) is 10.3. The van der Waals surface area contributed by atoms with E-state index in [0.717, 1.165) is 10.1 Å². The maximum Gasteiger partial charge on any atom is 0.118 e. The Labute approximate surface area is 74.3 Å². The quantitative estimate of drug-likeness (QED) is 0.610. The number of aromatic hydroxyl groups is 1. The van der Waals surface area contributed by atoms with Gasteiger partial charge in [0.25, 0.3) is 0 Å². The molecule has 0 aliphatic carbocycles. The molecule has 1 heterocycles. The van der Waals surface area contributed by atoms with E-state index in [1.54, 1.807) is 23.5 Å². The number of aryl methyl sites for hydroxylation is 1. The number of rotatable bonds is 0. The van der Waals surface area contributed by atoms with Crippen LogP contribution in [0.4, 0.5) is 5.69 Å². The minimum Gasteiger partial charge on any atom is -0.508 e. The summed E-state index contributed by atoms with van der Waals surface area (Å²) in [5.74, 6) is 0.234. The van der Waals surface area contributed by atoms with Crippen molar-refractivity contribution in [1.29, 1.82) is 0 Å². The van der Waals surface area contributed by atoms with Crippen LogP contribution < -0.4 is 5.73 Å². The van der Waals surface area contributed by atoms with E-state index in [1.807, 2.05) is 13.0 Å². The molecule has 0 atom stereocenters. The SMILES string of the molecule is Cc1cc2cc(O)cc(N)c2s1. The van der Waals surface area contributed by atoms with Gasteiger partial charge in [-0.2, -0.15) is 0 Å². The monoisotopic (exact) mass is 179 g/mol. The van der Waals surface area contributed by atoms with E-state index in [-0.39, 0.29) is 5.75 Å². The third-order valence-electron chi connectivity index (χ3n) is 1.75. The van der Waals surface area contributed by atoms with Crippen LogP contribution in [-0.2, 0) is 0 Å². The third kappa shape index (κ3) is 1.02. The standard InChI is InChI=1S/C9H9NOS/c1-5-2-6-3-7(11)4-8(10)9(6)12-5/h2-4,11H,10H2,1H3. The van der Waals surface area contributed by atoms with Crippen LogP contribution in [0.1, 0.15) is 4.88 Å². The minimum absolute atomic E-state index is 0.234. The average molecular weight is 179 g/mol. The summed E-state index contributed by atoms with van der Waals surface area (Å²) in [5.41, 5.74) is 6.38. The molecule has 0 unspecified atom stereocenters. The zero-order chi connectivity index (χ0) is 8.72. The molecule has 0 amide bonds. The lowest BCUT2D eigenvalue weighted by molar-refractivity contribution is 0.476. The van der Waals surface area contributed by atoms with Crippen molar-refractivity contribution in [2.75, 3.05) is 5.73 Å². The van der Waals surface area contributed by atoms with Gasteiger partial charge >= 0.3 is 0 Å². The summed E-state index contributed by atoms with van der Waals surface area (Å²) in [6.45, 7) is 2.03. The molecule has 1 aromatic carbocycles. The predicted octanol–water partition coefficient (Wildman–Crippen LogP) is 2.50. The van der Waals surface area contributed by atoms with Gasteiger partial charge in [0.1, 0.15) is 5.75 Å². The van der Waals surface area contributed by atoms with Crippen molar-refractivity contribution in [3.8, 4) is 5.75 Å². The largest absolute Gasteiger partial charge is 0.508 e. The minimum atomic E-state index is 0.234. The van der Waals surface area contributed by atoms with Gasteiger partial charge in [-0.15, -0.1) is 11.3 Å². The predicted molar refractivity (Wildman–Crippen MR) is 52.6 cm³/mol. The fraction of sp³-hybridized carbons (Fsp3) is 0.111. The van der Waals surface area contributed by atoms with Gasteiger partial charge in [-0.05, 0) is 24.4 Å². The van der Waals surface area contributed by atoms with Crippen LogP contribution in [0, 0.1) is 6.92 Å². The van der Waals surface area contributed by atoms with Gasteiger partial charge in [-0.1, -0.05) is 0 Å². The Morgan fingerprint density at radius 2 is 2.08 bits per heavy atom. The Bertz CT molecular complexity index is 433. The van der Waals surface area contributed by atoms with Gasteiger partial charge in [-0.25, -0.2) is 0 Å². The molecule has 1 aromatic heterocycles. The number of nitrogen functional groups attached to an aromatic ring is 1. The van der Waals surface area contributed by atoms with E-state index < -0.39 is 0 Å². The van der Waals surface area contributed by atoms with Gasteiger partial charge < -0.3 is 10.8 Å². The van der Waals surface area contributed by atoms with Crippen LogP contribution >= 0.6 is 11.3 Å². The fourth-order valence-electron chi connectivity index (χ4n) is 1.29. The summed E-state index contributed by atoms with van der Waals surface area (Å²) in [6, 6.07) is 5.34. The zero-order valence-corrected chi connectivity index (χ0v) is 7.48. The summed E-state index contributed by atoms with van der Waals surface area (Å²) in [4.78, 5) is 1.21. The van der Waals surface area contributed by atoms with Crippen LogP contribution in [0.15, 0.2) is 18.2 Å². The number of hydrogen-bond donors (Lipinski definition) is 2. The summed E-state index contributed by atoms with van der Waals surface area (Å²) >= 11 is 1.65. The van der Waals surface area contributed by atoms with Crippen molar-refractivity contribution < 1.29 is 5.11 Å². The van der Waals surface area contributed by atoms with Crippen LogP contribution in [0.5, 0.6) is 5.75 Å². The van der Waals surface area contributed by atoms with E-state index in [9.17, 15) is 5.11 Å². The summed E-state index contributed by atoms with van der Waals surface area (Å²) in [7, 11) is 0. The van der Waals surface area contributed by atoms with Gasteiger partial charge in [0.2, 0.25) is 0 Å². The maximum absolute atomic E-state index is 9.24. The highest BCUT2D eigenvalue weighted by molar-refractivity contribution is 7.19. The fourth-order valence-corrected chi connectivity index (χ4v) is 2.21. The lowest BCUT2D eigenvalue weighted by Gasteiger charge is -1.96. The molecule has 0 saturated carbocycles. The zero-order valence-electron chi connectivity index (χ0n) is 6.66. The van der Waals surface area contributed by atoms with E-state index in [0.29, 0.717) is 5.69 Å². The second-order valence-corrected chi connectivity index (χ2v) is 4.07. The second-order valence-electron chi connectivity index (χ2n) is 2.81. The first kappa shape index (κ1) is 7.43. The lowest BCUT2D eigenvalue weighted by Crippen LogP contribution is -1.82. The maximum atomic E-state index is 9.24. The van der Waals surface area contributed by atoms with Crippen molar-refractivity contribution >= 4 is 27.1 Å². The van der Waals surface area contributed by atoms with Crippen molar-refractivity contribution in [2.45, 2.75) is 6.92 Å². The van der Waals surface area contributed by atoms with Crippen LogP contribution in [0.25, 0.3) is 10.1 Å². The van der Waals surface area contributed by atoms with E-state index in [4.69, 9.17) is 5.73 Å². The molecule has 0 fully saturated rings. The molecule has 0 saturated heterocycles. The molecule has 0 spiro atoms. The number of anilines is 1. The molecule has 12 heavy (non-hydrogen) atoms. The molecule has 3 N–H and O–H groups in total. The Balaban J connectivity index is 2.88. The van der Waals surface area contributed by atoms with E-state index in [2.05, 4.69) is 0 Å². The number of benzene rings is 1. The number of phenolic OH excluding ortho intramolecular Hbond substituents is 1. The molecule has 0 bridgehead atoms. The first-order chi connectivity index (χ1) is 5.66. The molecule has 3 heteroatoms. The average Bonchev–Trinajstić information content (AvgIpc) is 2.29. The Morgan fingerprint density at radius 1 is 1.33 bits per heavy atom. The van der Waals surface area contributed by atoms with Crippen molar-refractivity contribution in [1.82, 2.24) is 0 Å². The number of thiophene rings is 1. The second kappa shape index (κ2) is 2.38. The van der Waals surface area contributed by atoms with Gasteiger partial charge in [0.15, 0.2) is 0 Å². The number of nitrogens with two attached hydrogens (primary N) is 1. The highest BCUT2D eigenvalue weighted by Gasteiger charge is 2.03. The van der Waals surface area contributed by atoms with Crippen LogP contribution in [0.3, 0.4) is 0 Å². The number of phenols is 1. The van der Waals surface area contributed by atoms with Crippen molar-refractivity contribution in [3.05, 3.63) is 23.1 Å². The van der Waals surface area contributed by atoms with Gasteiger partial charge in [0, 0.05) is 10.9 Å². The van der Waals surface area contributed by atoms with Crippen molar-refractivity contribution in [3.63, 3.8) is 0 Å². The molecule has 2 nitrogen and oxygen atoms in total. The molecule has 0 aliphatic heterocycles. The molecular weight excluding hydrogens is 170 g/mol. The highest BCUT2D eigenvalue weighted by Crippen LogP contribution is 2.33. The smallest absolute Gasteiger partial charge is 0.118 e.